The number of carbonyl (C=O) groups excluding carboxylic acids is 1. The van der Waals surface area contributed by atoms with Gasteiger partial charge in [0.05, 0.1) is 0 Å². The third-order valence-electron chi connectivity index (χ3n) is 3.66. The minimum absolute atomic E-state index is 0.0178. The van der Waals surface area contributed by atoms with Gasteiger partial charge in [-0.3, -0.25) is 4.79 Å². The molecule has 0 bridgehead atoms. The highest BCUT2D eigenvalue weighted by atomic mass is 16.1. The maximum absolute atomic E-state index is 12.2. The molecule has 2 aromatic rings. The van der Waals surface area contributed by atoms with Crippen LogP contribution in [0.2, 0.25) is 0 Å². The zero-order chi connectivity index (χ0) is 16.7. The Labute approximate surface area is 139 Å². The molecule has 2 N–H and O–H groups in total. The molecule has 0 radical (unpaired) electrons. The van der Waals surface area contributed by atoms with Crippen LogP contribution in [0.1, 0.15) is 42.3 Å². The van der Waals surface area contributed by atoms with E-state index in [-0.39, 0.29) is 11.9 Å². The van der Waals surface area contributed by atoms with E-state index in [1.54, 1.807) is 0 Å². The molecule has 23 heavy (non-hydrogen) atoms. The van der Waals surface area contributed by atoms with Crippen LogP contribution in [0, 0.1) is 0 Å². The van der Waals surface area contributed by atoms with E-state index in [9.17, 15) is 4.79 Å². The largest absolute Gasteiger partial charge is 0.349 e. The molecule has 2 rings (SSSR count). The molecule has 0 aromatic heterocycles. The molecule has 0 aliphatic heterocycles. The first kappa shape index (κ1) is 17.2. The average molecular weight is 310 g/mol. The molecule has 0 aliphatic rings. The molecule has 2 aromatic carbocycles. The number of carbonyl (C=O) groups is 1. The summed E-state index contributed by atoms with van der Waals surface area (Å²) >= 11 is 0. The normalized spacial score (nSPS) is 12.2. The molecule has 0 saturated carbocycles. The SMILES string of the molecule is CC(C)NCc1cccc(CC(C)NC(=O)c2ccccc2)c1. The van der Waals surface area contributed by atoms with Gasteiger partial charge in [-0.05, 0) is 36.6 Å². The van der Waals surface area contributed by atoms with Crippen molar-refractivity contribution in [1.82, 2.24) is 10.6 Å². The van der Waals surface area contributed by atoms with E-state index < -0.39 is 0 Å². The molecule has 0 fully saturated rings. The number of amides is 1. The minimum atomic E-state index is -0.0178. The van der Waals surface area contributed by atoms with E-state index in [0.29, 0.717) is 11.6 Å². The number of rotatable bonds is 7. The fraction of sp³-hybridized carbons (Fsp3) is 0.350. The van der Waals surface area contributed by atoms with Crippen LogP contribution in [-0.2, 0) is 13.0 Å². The molecule has 1 unspecified atom stereocenters. The van der Waals surface area contributed by atoms with Crippen molar-refractivity contribution in [2.24, 2.45) is 0 Å². The fourth-order valence-corrected chi connectivity index (χ4v) is 2.49. The predicted molar refractivity (Wildman–Crippen MR) is 95.5 cm³/mol. The summed E-state index contributed by atoms with van der Waals surface area (Å²) < 4.78 is 0. The molecule has 0 spiro atoms. The van der Waals surface area contributed by atoms with Crippen LogP contribution < -0.4 is 10.6 Å². The van der Waals surface area contributed by atoms with Crippen LogP contribution in [0.15, 0.2) is 54.6 Å². The average Bonchev–Trinajstić information content (AvgIpc) is 2.54. The Morgan fingerprint density at radius 3 is 2.35 bits per heavy atom. The Bertz CT molecular complexity index is 623. The molecule has 3 heteroatoms. The zero-order valence-corrected chi connectivity index (χ0v) is 14.2. The van der Waals surface area contributed by atoms with Crippen molar-refractivity contribution in [2.45, 2.75) is 45.8 Å². The van der Waals surface area contributed by atoms with Gasteiger partial charge in [0, 0.05) is 24.2 Å². The molecule has 0 heterocycles. The van der Waals surface area contributed by atoms with E-state index in [1.807, 2.05) is 37.3 Å². The summed E-state index contributed by atoms with van der Waals surface area (Å²) in [6, 6.07) is 18.4. The predicted octanol–water partition coefficient (Wildman–Crippen LogP) is 3.55. The van der Waals surface area contributed by atoms with Crippen molar-refractivity contribution in [3.63, 3.8) is 0 Å². The van der Waals surface area contributed by atoms with Crippen LogP contribution in [0.3, 0.4) is 0 Å². The van der Waals surface area contributed by atoms with E-state index in [4.69, 9.17) is 0 Å². The van der Waals surface area contributed by atoms with Crippen molar-refractivity contribution in [3.05, 3.63) is 71.3 Å². The second kappa shape index (κ2) is 8.49. The van der Waals surface area contributed by atoms with Crippen LogP contribution in [0.4, 0.5) is 0 Å². The summed E-state index contributed by atoms with van der Waals surface area (Å²) in [5.41, 5.74) is 3.22. The molecule has 1 atom stereocenters. The van der Waals surface area contributed by atoms with Crippen LogP contribution in [0.25, 0.3) is 0 Å². The molecule has 1 amide bonds. The highest BCUT2D eigenvalue weighted by Crippen LogP contribution is 2.09. The van der Waals surface area contributed by atoms with Crippen molar-refractivity contribution in [1.29, 1.82) is 0 Å². The van der Waals surface area contributed by atoms with Crippen LogP contribution in [-0.4, -0.2) is 18.0 Å². The van der Waals surface area contributed by atoms with E-state index in [2.05, 4.69) is 48.7 Å². The lowest BCUT2D eigenvalue weighted by Gasteiger charge is -2.15. The molecule has 122 valence electrons. The maximum atomic E-state index is 12.2. The van der Waals surface area contributed by atoms with Crippen molar-refractivity contribution < 1.29 is 4.79 Å². The van der Waals surface area contributed by atoms with Gasteiger partial charge < -0.3 is 10.6 Å². The minimum Gasteiger partial charge on any atom is -0.349 e. The molecular weight excluding hydrogens is 284 g/mol. The lowest BCUT2D eigenvalue weighted by Crippen LogP contribution is -2.34. The third kappa shape index (κ3) is 5.87. The van der Waals surface area contributed by atoms with Crippen LogP contribution >= 0.6 is 0 Å². The Hall–Kier alpha value is -2.13. The van der Waals surface area contributed by atoms with Gasteiger partial charge in [0.1, 0.15) is 0 Å². The number of hydrogen-bond donors (Lipinski definition) is 2. The van der Waals surface area contributed by atoms with Gasteiger partial charge in [-0.25, -0.2) is 0 Å². The lowest BCUT2D eigenvalue weighted by molar-refractivity contribution is 0.0940. The summed E-state index contributed by atoms with van der Waals surface area (Å²) in [6.45, 7) is 7.20. The highest BCUT2D eigenvalue weighted by molar-refractivity contribution is 5.94. The second-order valence-electron chi connectivity index (χ2n) is 6.30. The molecule has 0 saturated heterocycles. The van der Waals surface area contributed by atoms with Crippen molar-refractivity contribution >= 4 is 5.91 Å². The van der Waals surface area contributed by atoms with Crippen molar-refractivity contribution in [3.8, 4) is 0 Å². The Morgan fingerprint density at radius 1 is 0.957 bits per heavy atom. The first-order chi connectivity index (χ1) is 11.0. The first-order valence-corrected chi connectivity index (χ1v) is 8.21. The van der Waals surface area contributed by atoms with Gasteiger partial charge in [0.15, 0.2) is 0 Å². The standard InChI is InChI=1S/C20H26N2O/c1-15(2)21-14-18-9-7-8-17(13-18)12-16(3)22-20(23)19-10-5-4-6-11-19/h4-11,13,15-16,21H,12,14H2,1-3H3,(H,22,23). The van der Waals surface area contributed by atoms with Gasteiger partial charge in [-0.1, -0.05) is 56.3 Å². The van der Waals surface area contributed by atoms with Gasteiger partial charge in [-0.15, -0.1) is 0 Å². The Morgan fingerprint density at radius 2 is 1.65 bits per heavy atom. The van der Waals surface area contributed by atoms with Crippen molar-refractivity contribution in [2.75, 3.05) is 0 Å². The quantitative estimate of drug-likeness (QED) is 0.821. The highest BCUT2D eigenvalue weighted by Gasteiger charge is 2.10. The Balaban J connectivity index is 1.91. The second-order valence-corrected chi connectivity index (χ2v) is 6.30. The van der Waals surface area contributed by atoms with Gasteiger partial charge >= 0.3 is 0 Å². The van der Waals surface area contributed by atoms with Gasteiger partial charge in [0.2, 0.25) is 0 Å². The number of nitrogens with one attached hydrogen (secondary N) is 2. The molecule has 0 aliphatic carbocycles. The summed E-state index contributed by atoms with van der Waals surface area (Å²) in [4.78, 5) is 12.2. The molecular formula is C20H26N2O. The zero-order valence-electron chi connectivity index (χ0n) is 14.2. The third-order valence-corrected chi connectivity index (χ3v) is 3.66. The topological polar surface area (TPSA) is 41.1 Å². The summed E-state index contributed by atoms with van der Waals surface area (Å²) in [5.74, 6) is -0.0178. The van der Waals surface area contributed by atoms with E-state index in [1.165, 1.54) is 11.1 Å². The lowest BCUT2D eigenvalue weighted by atomic mass is 10.0. The van der Waals surface area contributed by atoms with Gasteiger partial charge in [-0.2, -0.15) is 0 Å². The monoisotopic (exact) mass is 310 g/mol. The summed E-state index contributed by atoms with van der Waals surface area (Å²) in [7, 11) is 0. The number of benzene rings is 2. The van der Waals surface area contributed by atoms with E-state index >= 15 is 0 Å². The molecule has 3 nitrogen and oxygen atoms in total. The summed E-state index contributed by atoms with van der Waals surface area (Å²) in [5, 5.41) is 6.49. The first-order valence-electron chi connectivity index (χ1n) is 8.21. The number of hydrogen-bond acceptors (Lipinski definition) is 2. The smallest absolute Gasteiger partial charge is 0.251 e. The van der Waals surface area contributed by atoms with Crippen LogP contribution in [0.5, 0.6) is 0 Å². The summed E-state index contributed by atoms with van der Waals surface area (Å²) in [6.07, 6.45) is 0.827. The maximum Gasteiger partial charge on any atom is 0.251 e. The Kier molecular flexibility index (Phi) is 6.36. The van der Waals surface area contributed by atoms with Gasteiger partial charge in [0.25, 0.3) is 5.91 Å². The van der Waals surface area contributed by atoms with E-state index in [0.717, 1.165) is 13.0 Å². The fourth-order valence-electron chi connectivity index (χ4n) is 2.49.